The van der Waals surface area contributed by atoms with E-state index in [1.165, 1.54) is 18.2 Å². The lowest BCUT2D eigenvalue weighted by atomic mass is 10.0. The maximum Gasteiger partial charge on any atom is 0.336 e. The van der Waals surface area contributed by atoms with Crippen LogP contribution in [0.2, 0.25) is 5.02 Å². The van der Waals surface area contributed by atoms with Gasteiger partial charge in [-0.05, 0) is 30.3 Å². The van der Waals surface area contributed by atoms with Crippen molar-refractivity contribution in [2.75, 3.05) is 0 Å². The molecule has 0 aliphatic carbocycles. The Balaban J connectivity index is 1.97. The van der Waals surface area contributed by atoms with E-state index < -0.39 is 10.9 Å². The molecule has 0 spiro atoms. The number of nitrogens with one attached hydrogen (secondary N) is 1. The van der Waals surface area contributed by atoms with Crippen molar-refractivity contribution in [3.63, 3.8) is 0 Å². The Morgan fingerprint density at radius 3 is 2.69 bits per heavy atom. The summed E-state index contributed by atoms with van der Waals surface area (Å²) in [7, 11) is 0. The summed E-state index contributed by atoms with van der Waals surface area (Å²) in [6.07, 6.45) is 1.66. The van der Waals surface area contributed by atoms with Crippen molar-refractivity contribution in [2.45, 2.75) is 0 Å². The quantitative estimate of drug-likeness (QED) is 0.405. The van der Waals surface area contributed by atoms with E-state index in [2.05, 4.69) is 9.97 Å². The fourth-order valence-electron chi connectivity index (χ4n) is 2.95. The lowest BCUT2D eigenvalue weighted by molar-refractivity contribution is -0.384. The number of H-pyrrole nitrogens is 1. The number of aromatic nitrogens is 2. The molecule has 0 bridgehead atoms. The van der Waals surface area contributed by atoms with Crippen LogP contribution in [-0.2, 0) is 0 Å². The van der Waals surface area contributed by atoms with E-state index >= 15 is 0 Å². The van der Waals surface area contributed by atoms with Gasteiger partial charge in [0.1, 0.15) is 0 Å². The largest absolute Gasteiger partial charge is 0.478 e. The van der Waals surface area contributed by atoms with E-state index in [9.17, 15) is 20.0 Å². The van der Waals surface area contributed by atoms with Crippen LogP contribution in [0, 0.1) is 10.1 Å². The number of hydrogen-bond donors (Lipinski definition) is 2. The molecular weight excluding hydrogens is 358 g/mol. The van der Waals surface area contributed by atoms with E-state index in [1.807, 2.05) is 0 Å². The van der Waals surface area contributed by atoms with Crippen LogP contribution in [0.3, 0.4) is 0 Å². The number of nitro benzene ring substituents is 1. The van der Waals surface area contributed by atoms with Crippen LogP contribution in [-0.4, -0.2) is 26.0 Å². The lowest BCUT2D eigenvalue weighted by Crippen LogP contribution is -2.00. The third-order valence-corrected chi connectivity index (χ3v) is 4.39. The van der Waals surface area contributed by atoms with Gasteiger partial charge in [0.15, 0.2) is 0 Å². The van der Waals surface area contributed by atoms with Gasteiger partial charge in [0, 0.05) is 39.7 Å². The fraction of sp³-hybridized carbons (Fsp3) is 0. The zero-order valence-corrected chi connectivity index (χ0v) is 13.8. The highest BCUT2D eigenvalue weighted by atomic mass is 35.5. The summed E-state index contributed by atoms with van der Waals surface area (Å²) in [5.41, 5.74) is 2.25. The maximum absolute atomic E-state index is 11.7. The molecule has 128 valence electrons. The van der Waals surface area contributed by atoms with E-state index in [-0.39, 0.29) is 11.3 Å². The van der Waals surface area contributed by atoms with Crippen molar-refractivity contribution in [1.82, 2.24) is 9.97 Å². The molecule has 4 aromatic rings. The number of carbonyl (C=O) groups is 1. The predicted octanol–water partition coefficient (Wildman–Crippen LogP) is 4.64. The minimum atomic E-state index is -1.09. The van der Waals surface area contributed by atoms with Gasteiger partial charge in [0.25, 0.3) is 5.69 Å². The number of hydrogen-bond acceptors (Lipinski definition) is 4. The van der Waals surface area contributed by atoms with Crippen LogP contribution in [0.4, 0.5) is 5.69 Å². The highest BCUT2D eigenvalue weighted by Crippen LogP contribution is 2.32. The monoisotopic (exact) mass is 367 g/mol. The van der Waals surface area contributed by atoms with Gasteiger partial charge in [0.2, 0.25) is 0 Å². The Hall–Kier alpha value is -3.45. The Morgan fingerprint density at radius 2 is 1.96 bits per heavy atom. The summed E-state index contributed by atoms with van der Waals surface area (Å²) in [6.45, 7) is 0. The molecule has 2 N–H and O–H groups in total. The third kappa shape index (κ3) is 2.55. The smallest absolute Gasteiger partial charge is 0.336 e. The van der Waals surface area contributed by atoms with Gasteiger partial charge in [-0.3, -0.25) is 10.1 Å². The SMILES string of the molecule is O=C(O)c1cc(-c2c[nH]c3cc([N+](=O)[O-])ccc23)nc2ccc(Cl)cc12. The number of rotatable bonds is 3. The predicted molar refractivity (Wildman–Crippen MR) is 97.7 cm³/mol. The average molecular weight is 368 g/mol. The molecule has 0 fully saturated rings. The molecule has 7 nitrogen and oxygen atoms in total. The topological polar surface area (TPSA) is 109 Å². The Labute approximate surface area is 151 Å². The van der Waals surface area contributed by atoms with Crippen molar-refractivity contribution in [1.29, 1.82) is 0 Å². The average Bonchev–Trinajstić information content (AvgIpc) is 3.03. The summed E-state index contributed by atoms with van der Waals surface area (Å²) >= 11 is 5.97. The number of non-ortho nitro benzene ring substituents is 1. The van der Waals surface area contributed by atoms with Gasteiger partial charge in [-0.15, -0.1) is 0 Å². The van der Waals surface area contributed by atoms with Gasteiger partial charge in [-0.2, -0.15) is 0 Å². The molecule has 0 aliphatic heterocycles. The molecular formula is C18H10ClN3O4. The van der Waals surface area contributed by atoms with Gasteiger partial charge in [0.05, 0.1) is 27.2 Å². The molecule has 26 heavy (non-hydrogen) atoms. The summed E-state index contributed by atoms with van der Waals surface area (Å²) in [5.74, 6) is -1.09. The standard InChI is InChI=1S/C18H10ClN3O4/c19-9-1-4-15-12(5-9)13(18(23)24)7-17(21-15)14-8-20-16-6-10(22(25)26)2-3-11(14)16/h1-8,20H,(H,23,24). The third-order valence-electron chi connectivity index (χ3n) is 4.15. The van der Waals surface area contributed by atoms with Gasteiger partial charge < -0.3 is 10.1 Å². The minimum absolute atomic E-state index is 0.0294. The minimum Gasteiger partial charge on any atom is -0.478 e. The first-order valence-electron chi connectivity index (χ1n) is 7.53. The first kappa shape index (κ1) is 16.0. The number of carboxylic acid groups (broad SMARTS) is 1. The van der Waals surface area contributed by atoms with Gasteiger partial charge in [-0.25, -0.2) is 9.78 Å². The maximum atomic E-state index is 11.7. The molecule has 0 amide bonds. The second kappa shape index (κ2) is 5.82. The second-order valence-corrected chi connectivity index (χ2v) is 6.15. The van der Waals surface area contributed by atoms with Crippen molar-refractivity contribution in [2.24, 2.45) is 0 Å². The number of pyridine rings is 1. The van der Waals surface area contributed by atoms with Crippen LogP contribution < -0.4 is 0 Å². The Bertz CT molecular complexity index is 1220. The van der Waals surface area contributed by atoms with Crippen LogP contribution in [0.1, 0.15) is 10.4 Å². The van der Waals surface area contributed by atoms with E-state index in [1.54, 1.807) is 30.5 Å². The molecule has 2 aromatic heterocycles. The van der Waals surface area contributed by atoms with Crippen LogP contribution in [0.25, 0.3) is 33.1 Å². The molecule has 0 saturated heterocycles. The number of nitro groups is 1. The van der Waals surface area contributed by atoms with Crippen molar-refractivity contribution in [3.05, 3.63) is 69.4 Å². The van der Waals surface area contributed by atoms with Crippen LogP contribution >= 0.6 is 11.6 Å². The van der Waals surface area contributed by atoms with Gasteiger partial charge in [-0.1, -0.05) is 11.6 Å². The van der Waals surface area contributed by atoms with E-state index in [0.29, 0.717) is 38.1 Å². The molecule has 0 atom stereocenters. The number of fused-ring (bicyclic) bond motifs is 2. The molecule has 0 aliphatic rings. The Kier molecular flexibility index (Phi) is 3.59. The number of aromatic carboxylic acids is 1. The molecule has 8 heteroatoms. The zero-order chi connectivity index (χ0) is 18.4. The highest BCUT2D eigenvalue weighted by Gasteiger charge is 2.16. The summed E-state index contributed by atoms with van der Waals surface area (Å²) in [5, 5.41) is 22.1. The normalized spacial score (nSPS) is 11.1. The second-order valence-electron chi connectivity index (χ2n) is 5.71. The number of benzene rings is 2. The van der Waals surface area contributed by atoms with Gasteiger partial charge >= 0.3 is 5.97 Å². The zero-order valence-electron chi connectivity index (χ0n) is 13.1. The van der Waals surface area contributed by atoms with Crippen LogP contribution in [0.15, 0.2) is 48.7 Å². The molecule has 0 saturated carbocycles. The molecule has 4 rings (SSSR count). The molecule has 2 aromatic carbocycles. The van der Waals surface area contributed by atoms with Crippen molar-refractivity contribution < 1.29 is 14.8 Å². The van der Waals surface area contributed by atoms with Crippen molar-refractivity contribution in [3.8, 4) is 11.3 Å². The molecule has 2 heterocycles. The van der Waals surface area contributed by atoms with Crippen LogP contribution in [0.5, 0.6) is 0 Å². The van der Waals surface area contributed by atoms with E-state index in [4.69, 9.17) is 11.6 Å². The summed E-state index contributed by atoms with van der Waals surface area (Å²) < 4.78 is 0. The number of halogens is 1. The Morgan fingerprint density at radius 1 is 1.15 bits per heavy atom. The fourth-order valence-corrected chi connectivity index (χ4v) is 3.12. The lowest BCUT2D eigenvalue weighted by Gasteiger charge is -2.07. The van der Waals surface area contributed by atoms with Crippen molar-refractivity contribution >= 4 is 45.1 Å². The summed E-state index contributed by atoms with van der Waals surface area (Å²) in [4.78, 5) is 29.6. The van der Waals surface area contributed by atoms with E-state index in [0.717, 1.165) is 0 Å². The molecule has 0 radical (unpaired) electrons. The highest BCUT2D eigenvalue weighted by molar-refractivity contribution is 6.31. The molecule has 0 unspecified atom stereocenters. The number of carboxylic acids is 1. The number of aromatic amines is 1. The number of nitrogens with zero attached hydrogens (tertiary/aromatic N) is 2. The first-order chi connectivity index (χ1) is 12.4. The summed E-state index contributed by atoms with van der Waals surface area (Å²) in [6, 6.07) is 10.8. The first-order valence-corrected chi connectivity index (χ1v) is 7.91.